The van der Waals surface area contributed by atoms with Gasteiger partial charge in [0.1, 0.15) is 0 Å². The molecule has 0 saturated carbocycles. The minimum atomic E-state index is 0.452. The van der Waals surface area contributed by atoms with Gasteiger partial charge in [-0.25, -0.2) is 0 Å². The van der Waals surface area contributed by atoms with E-state index < -0.39 is 0 Å². The van der Waals surface area contributed by atoms with Gasteiger partial charge in [0.15, 0.2) is 0 Å². The Morgan fingerprint density at radius 3 is 2.81 bits per heavy atom. The third kappa shape index (κ3) is 2.41. The zero-order valence-corrected chi connectivity index (χ0v) is 15.2. The minimum Gasteiger partial charge on any atom is -0.313 e. The monoisotopic (exact) mass is 353 g/mol. The van der Waals surface area contributed by atoms with E-state index in [0.717, 1.165) is 0 Å². The van der Waals surface area contributed by atoms with Crippen molar-refractivity contribution in [3.63, 3.8) is 0 Å². The summed E-state index contributed by atoms with van der Waals surface area (Å²) in [5.41, 5.74) is 5.22. The van der Waals surface area contributed by atoms with Crippen molar-refractivity contribution in [2.45, 2.75) is 12.3 Å². The van der Waals surface area contributed by atoms with Gasteiger partial charge in [-0.15, -0.1) is 11.3 Å². The van der Waals surface area contributed by atoms with Crippen LogP contribution in [0.4, 0.5) is 0 Å². The molecule has 0 aliphatic heterocycles. The number of thiophene rings is 1. The molecule has 3 aromatic rings. The molecule has 0 bridgehead atoms. The van der Waals surface area contributed by atoms with Gasteiger partial charge in [0, 0.05) is 27.8 Å². The van der Waals surface area contributed by atoms with Crippen LogP contribution in [0.5, 0.6) is 0 Å². The summed E-state index contributed by atoms with van der Waals surface area (Å²) in [6.45, 7) is 0. The Balaban J connectivity index is 1.71. The Kier molecular flexibility index (Phi) is 3.72. The van der Waals surface area contributed by atoms with Gasteiger partial charge in [-0.2, -0.15) is 0 Å². The first-order chi connectivity index (χ1) is 12.8. The number of benzene rings is 2. The smallest absolute Gasteiger partial charge is 0.0430 e. The highest BCUT2D eigenvalue weighted by Gasteiger charge is 2.28. The predicted molar refractivity (Wildman–Crippen MR) is 113 cm³/mol. The van der Waals surface area contributed by atoms with Crippen molar-refractivity contribution in [1.82, 2.24) is 0 Å². The first-order valence-electron chi connectivity index (χ1n) is 9.02. The van der Waals surface area contributed by atoms with Crippen LogP contribution in [0, 0.1) is 11.3 Å². The lowest BCUT2D eigenvalue weighted by molar-refractivity contribution is 0.700. The minimum absolute atomic E-state index is 0.452. The van der Waals surface area contributed by atoms with E-state index in [4.69, 9.17) is 5.41 Å². The van der Waals surface area contributed by atoms with E-state index in [1.54, 1.807) is 0 Å². The molecule has 2 heteroatoms. The molecule has 1 N–H and O–H groups in total. The highest BCUT2D eigenvalue weighted by molar-refractivity contribution is 7.20. The van der Waals surface area contributed by atoms with Crippen LogP contribution in [0.15, 0.2) is 72.8 Å². The molecule has 0 radical (unpaired) electrons. The average Bonchev–Trinajstić information content (AvgIpc) is 3.07. The maximum atomic E-state index is 7.38. The Labute approximate surface area is 157 Å². The van der Waals surface area contributed by atoms with Crippen molar-refractivity contribution < 1.29 is 0 Å². The normalized spacial score (nSPS) is 20.2. The van der Waals surface area contributed by atoms with Gasteiger partial charge in [-0.3, -0.25) is 0 Å². The summed E-state index contributed by atoms with van der Waals surface area (Å²) >= 11 is 1.91. The maximum absolute atomic E-state index is 7.38. The Morgan fingerprint density at radius 1 is 1.00 bits per heavy atom. The van der Waals surface area contributed by atoms with Crippen molar-refractivity contribution in [2.75, 3.05) is 0 Å². The van der Waals surface area contributed by atoms with E-state index in [1.807, 2.05) is 11.3 Å². The molecule has 2 unspecified atom stereocenters. The van der Waals surface area contributed by atoms with Gasteiger partial charge in [-0.05, 0) is 39.9 Å². The standard InChI is InChI=1S/C24H19NS/c25-14-13-16-5-3-7-18(15-16)20-9-4-10-21-23-19-8-2-1-6-17(19)11-12-22(23)26-24(20)21/h1-12,14-15,17,19,25H,13H2. The second-order valence-corrected chi connectivity index (χ2v) is 7.96. The zero-order valence-electron chi connectivity index (χ0n) is 14.4. The first-order valence-corrected chi connectivity index (χ1v) is 9.83. The Morgan fingerprint density at radius 2 is 1.88 bits per heavy atom. The molecule has 0 amide bonds. The van der Waals surface area contributed by atoms with Crippen LogP contribution >= 0.6 is 11.3 Å². The number of hydrogen-bond donors (Lipinski definition) is 1. The number of allylic oxidation sites excluding steroid dienone is 5. The van der Waals surface area contributed by atoms with Crippen LogP contribution in [0.1, 0.15) is 21.9 Å². The second-order valence-electron chi connectivity index (χ2n) is 6.90. The van der Waals surface area contributed by atoms with Crippen molar-refractivity contribution in [3.05, 3.63) is 88.8 Å². The first kappa shape index (κ1) is 15.5. The highest BCUT2D eigenvalue weighted by Crippen LogP contribution is 2.47. The Bertz CT molecular complexity index is 1100. The van der Waals surface area contributed by atoms with Crippen LogP contribution in [-0.4, -0.2) is 6.21 Å². The summed E-state index contributed by atoms with van der Waals surface area (Å²) in [7, 11) is 0. The number of hydrogen-bond acceptors (Lipinski definition) is 2. The van der Waals surface area contributed by atoms with Crippen LogP contribution in [0.25, 0.3) is 27.3 Å². The van der Waals surface area contributed by atoms with Gasteiger partial charge in [0.2, 0.25) is 0 Å². The summed E-state index contributed by atoms with van der Waals surface area (Å²) in [6, 6.07) is 15.3. The lowest BCUT2D eigenvalue weighted by Gasteiger charge is -2.25. The summed E-state index contributed by atoms with van der Waals surface area (Å²) in [4.78, 5) is 1.39. The van der Waals surface area contributed by atoms with E-state index in [-0.39, 0.29) is 0 Å². The van der Waals surface area contributed by atoms with Crippen LogP contribution in [-0.2, 0) is 6.42 Å². The van der Waals surface area contributed by atoms with Crippen LogP contribution < -0.4 is 0 Å². The molecular formula is C24H19NS. The molecule has 126 valence electrons. The van der Waals surface area contributed by atoms with E-state index >= 15 is 0 Å². The van der Waals surface area contributed by atoms with E-state index in [0.29, 0.717) is 18.3 Å². The third-order valence-electron chi connectivity index (χ3n) is 5.34. The third-order valence-corrected chi connectivity index (χ3v) is 6.56. The molecule has 1 heterocycles. The number of fused-ring (bicyclic) bond motifs is 5. The zero-order chi connectivity index (χ0) is 17.5. The molecule has 26 heavy (non-hydrogen) atoms. The molecule has 2 aliphatic rings. The van der Waals surface area contributed by atoms with Gasteiger partial charge in [0.25, 0.3) is 0 Å². The summed E-state index contributed by atoms with van der Waals surface area (Å²) in [6.07, 6.45) is 15.8. The molecule has 2 aromatic carbocycles. The summed E-state index contributed by atoms with van der Waals surface area (Å²) in [5, 5.41) is 8.77. The van der Waals surface area contributed by atoms with E-state index in [2.05, 4.69) is 78.9 Å². The van der Waals surface area contributed by atoms with Gasteiger partial charge in [-0.1, -0.05) is 72.8 Å². The fourth-order valence-electron chi connectivity index (χ4n) is 4.13. The maximum Gasteiger partial charge on any atom is 0.0430 e. The number of nitrogens with one attached hydrogen (secondary N) is 1. The average molecular weight is 353 g/mol. The van der Waals surface area contributed by atoms with Gasteiger partial charge >= 0.3 is 0 Å². The number of rotatable bonds is 3. The lowest BCUT2D eigenvalue weighted by atomic mass is 9.78. The molecule has 2 atom stereocenters. The summed E-state index contributed by atoms with van der Waals surface area (Å²) in [5.74, 6) is 0.929. The lowest BCUT2D eigenvalue weighted by Crippen LogP contribution is -2.11. The quantitative estimate of drug-likeness (QED) is 0.512. The van der Waals surface area contributed by atoms with Gasteiger partial charge < -0.3 is 5.41 Å². The second kappa shape index (κ2) is 6.22. The largest absolute Gasteiger partial charge is 0.313 e. The molecule has 0 fully saturated rings. The topological polar surface area (TPSA) is 23.9 Å². The highest BCUT2D eigenvalue weighted by atomic mass is 32.1. The van der Waals surface area contributed by atoms with Crippen molar-refractivity contribution >= 4 is 33.7 Å². The molecular weight excluding hydrogens is 334 g/mol. The van der Waals surface area contributed by atoms with Crippen molar-refractivity contribution in [2.24, 2.45) is 5.92 Å². The van der Waals surface area contributed by atoms with Crippen LogP contribution in [0.2, 0.25) is 0 Å². The molecule has 0 saturated heterocycles. The van der Waals surface area contributed by atoms with E-state index in [1.165, 1.54) is 43.4 Å². The Hall–Kier alpha value is -2.71. The molecule has 1 aromatic heterocycles. The predicted octanol–water partition coefficient (Wildman–Crippen LogP) is 6.61. The SMILES string of the molecule is N=CCc1cccc(-c2cccc3c4c(sc23)C=CC2C=CC=CC42)c1. The van der Waals surface area contributed by atoms with E-state index in [9.17, 15) is 0 Å². The fourth-order valence-corrected chi connectivity index (χ4v) is 5.44. The fraction of sp³-hybridized carbons (Fsp3) is 0.125. The molecule has 1 nitrogen and oxygen atoms in total. The van der Waals surface area contributed by atoms with Crippen molar-refractivity contribution in [1.29, 1.82) is 5.41 Å². The van der Waals surface area contributed by atoms with Gasteiger partial charge in [0.05, 0.1) is 0 Å². The van der Waals surface area contributed by atoms with Crippen LogP contribution in [0.3, 0.4) is 0 Å². The molecule has 2 aliphatic carbocycles. The molecule has 0 spiro atoms. The van der Waals surface area contributed by atoms with Crippen molar-refractivity contribution in [3.8, 4) is 11.1 Å². The summed E-state index contributed by atoms with van der Waals surface area (Å²) < 4.78 is 1.37. The molecule has 5 rings (SSSR count).